The van der Waals surface area contributed by atoms with E-state index in [0.717, 1.165) is 31.9 Å². The smallest absolute Gasteiger partial charge is 0.191 e. The fourth-order valence-corrected chi connectivity index (χ4v) is 3.65. The van der Waals surface area contributed by atoms with Crippen LogP contribution >= 0.6 is 11.8 Å². The van der Waals surface area contributed by atoms with Crippen LogP contribution in [-0.2, 0) is 0 Å². The van der Waals surface area contributed by atoms with Gasteiger partial charge in [0.05, 0.1) is 6.04 Å². The monoisotopic (exact) mass is 275 g/mol. The SMILES string of the molecule is NC(=NC1CC(c2ccccc2)C1)N1CCSCC1. The maximum Gasteiger partial charge on any atom is 0.191 e. The summed E-state index contributed by atoms with van der Waals surface area (Å²) in [5.74, 6) is 3.79. The molecule has 3 rings (SSSR count). The van der Waals surface area contributed by atoms with Crippen molar-refractivity contribution in [1.29, 1.82) is 0 Å². The maximum absolute atomic E-state index is 6.11. The van der Waals surface area contributed by atoms with Gasteiger partial charge >= 0.3 is 0 Å². The van der Waals surface area contributed by atoms with E-state index in [1.165, 1.54) is 17.1 Å². The van der Waals surface area contributed by atoms with Crippen LogP contribution in [0.2, 0.25) is 0 Å². The molecule has 2 N–H and O–H groups in total. The summed E-state index contributed by atoms with van der Waals surface area (Å²) in [7, 11) is 0. The first kappa shape index (κ1) is 12.9. The molecule has 0 atom stereocenters. The van der Waals surface area contributed by atoms with Crippen LogP contribution in [0, 0.1) is 0 Å². The fourth-order valence-electron chi connectivity index (χ4n) is 2.75. The zero-order valence-corrected chi connectivity index (χ0v) is 12.0. The molecule has 0 radical (unpaired) electrons. The lowest BCUT2D eigenvalue weighted by molar-refractivity contribution is 0.345. The molecule has 0 spiro atoms. The van der Waals surface area contributed by atoms with Crippen LogP contribution in [0.1, 0.15) is 24.3 Å². The highest BCUT2D eigenvalue weighted by Crippen LogP contribution is 2.38. The van der Waals surface area contributed by atoms with Crippen molar-refractivity contribution in [2.45, 2.75) is 24.8 Å². The van der Waals surface area contributed by atoms with Gasteiger partial charge < -0.3 is 10.6 Å². The molecule has 1 aliphatic carbocycles. The number of thioether (sulfide) groups is 1. The summed E-state index contributed by atoms with van der Waals surface area (Å²) in [5.41, 5.74) is 7.56. The molecule has 1 saturated heterocycles. The Morgan fingerprint density at radius 3 is 2.53 bits per heavy atom. The minimum atomic E-state index is 0.430. The van der Waals surface area contributed by atoms with Crippen molar-refractivity contribution >= 4 is 17.7 Å². The Morgan fingerprint density at radius 1 is 1.16 bits per heavy atom. The standard InChI is InChI=1S/C15H21N3S/c16-15(18-6-8-19-9-7-18)17-14-10-13(11-14)12-4-2-1-3-5-12/h1-5,13-14H,6-11H2,(H2,16,17). The number of nitrogens with two attached hydrogens (primary N) is 1. The third kappa shape index (κ3) is 3.06. The number of nitrogens with zero attached hydrogens (tertiary/aromatic N) is 2. The molecule has 2 aliphatic rings. The summed E-state index contributed by atoms with van der Waals surface area (Å²) in [6, 6.07) is 11.2. The topological polar surface area (TPSA) is 41.6 Å². The number of benzene rings is 1. The molecule has 0 amide bonds. The first-order chi connectivity index (χ1) is 9.33. The van der Waals surface area contributed by atoms with Crippen molar-refractivity contribution in [3.8, 4) is 0 Å². The Bertz CT molecular complexity index is 434. The zero-order valence-electron chi connectivity index (χ0n) is 11.2. The van der Waals surface area contributed by atoms with Crippen molar-refractivity contribution in [3.05, 3.63) is 35.9 Å². The van der Waals surface area contributed by atoms with E-state index in [1.807, 2.05) is 11.8 Å². The van der Waals surface area contributed by atoms with E-state index in [-0.39, 0.29) is 0 Å². The third-order valence-electron chi connectivity index (χ3n) is 4.03. The molecule has 0 unspecified atom stereocenters. The summed E-state index contributed by atoms with van der Waals surface area (Å²) in [5, 5.41) is 0. The van der Waals surface area contributed by atoms with Crippen LogP contribution in [0.4, 0.5) is 0 Å². The van der Waals surface area contributed by atoms with Gasteiger partial charge in [-0.05, 0) is 24.3 Å². The van der Waals surface area contributed by atoms with Gasteiger partial charge in [0.25, 0.3) is 0 Å². The van der Waals surface area contributed by atoms with E-state index in [2.05, 4.69) is 35.2 Å². The molecular weight excluding hydrogens is 254 g/mol. The summed E-state index contributed by atoms with van der Waals surface area (Å²) in [6.07, 6.45) is 2.29. The van der Waals surface area contributed by atoms with Crippen LogP contribution < -0.4 is 5.73 Å². The molecule has 1 aromatic rings. The highest BCUT2D eigenvalue weighted by molar-refractivity contribution is 7.99. The van der Waals surface area contributed by atoms with Crippen LogP contribution in [0.25, 0.3) is 0 Å². The normalized spacial score (nSPS) is 28.0. The van der Waals surface area contributed by atoms with Crippen LogP contribution in [-0.4, -0.2) is 41.5 Å². The maximum atomic E-state index is 6.11. The van der Waals surface area contributed by atoms with E-state index in [4.69, 9.17) is 10.7 Å². The Morgan fingerprint density at radius 2 is 1.84 bits per heavy atom. The molecule has 19 heavy (non-hydrogen) atoms. The van der Waals surface area contributed by atoms with Crippen LogP contribution in [0.3, 0.4) is 0 Å². The lowest BCUT2D eigenvalue weighted by Gasteiger charge is -2.35. The van der Waals surface area contributed by atoms with E-state index in [0.29, 0.717) is 12.0 Å². The largest absolute Gasteiger partial charge is 0.370 e. The molecule has 1 heterocycles. The number of aliphatic imine (C=N–C) groups is 1. The average molecular weight is 275 g/mol. The van der Waals surface area contributed by atoms with Gasteiger partial charge in [0.2, 0.25) is 0 Å². The Balaban J connectivity index is 1.53. The van der Waals surface area contributed by atoms with Crippen LogP contribution in [0.15, 0.2) is 35.3 Å². The molecule has 0 aromatic heterocycles. The van der Waals surface area contributed by atoms with Gasteiger partial charge in [-0.15, -0.1) is 0 Å². The Labute approximate surface area is 119 Å². The molecule has 102 valence electrons. The molecule has 3 nitrogen and oxygen atoms in total. The number of hydrogen-bond donors (Lipinski definition) is 1. The zero-order chi connectivity index (χ0) is 13.1. The van der Waals surface area contributed by atoms with Crippen molar-refractivity contribution in [1.82, 2.24) is 4.90 Å². The Hall–Kier alpha value is -1.16. The van der Waals surface area contributed by atoms with Gasteiger partial charge in [-0.25, -0.2) is 4.99 Å². The first-order valence-electron chi connectivity index (χ1n) is 7.04. The summed E-state index contributed by atoms with van der Waals surface area (Å²) < 4.78 is 0. The van der Waals surface area contributed by atoms with Gasteiger partial charge in [0, 0.05) is 24.6 Å². The van der Waals surface area contributed by atoms with Crippen molar-refractivity contribution in [2.24, 2.45) is 10.7 Å². The van der Waals surface area contributed by atoms with Crippen LogP contribution in [0.5, 0.6) is 0 Å². The van der Waals surface area contributed by atoms with Crippen molar-refractivity contribution in [3.63, 3.8) is 0 Å². The molecule has 0 bridgehead atoms. The predicted octanol–water partition coefficient (Wildman–Crippen LogP) is 2.30. The van der Waals surface area contributed by atoms with Crippen molar-refractivity contribution in [2.75, 3.05) is 24.6 Å². The average Bonchev–Trinajstić information content (AvgIpc) is 2.44. The van der Waals surface area contributed by atoms with E-state index in [1.54, 1.807) is 0 Å². The minimum absolute atomic E-state index is 0.430. The number of guanidine groups is 1. The summed E-state index contributed by atoms with van der Waals surface area (Å²) in [4.78, 5) is 6.92. The molecule has 4 heteroatoms. The lowest BCUT2D eigenvalue weighted by atomic mass is 9.76. The van der Waals surface area contributed by atoms with E-state index >= 15 is 0 Å². The summed E-state index contributed by atoms with van der Waals surface area (Å²) in [6.45, 7) is 2.10. The van der Waals surface area contributed by atoms with Gasteiger partial charge in [0.15, 0.2) is 5.96 Å². The third-order valence-corrected chi connectivity index (χ3v) is 4.98. The van der Waals surface area contributed by atoms with Gasteiger partial charge in [0.1, 0.15) is 0 Å². The Kier molecular flexibility index (Phi) is 3.97. The van der Waals surface area contributed by atoms with E-state index in [9.17, 15) is 0 Å². The second kappa shape index (κ2) is 5.87. The van der Waals surface area contributed by atoms with E-state index < -0.39 is 0 Å². The number of hydrogen-bond acceptors (Lipinski definition) is 2. The lowest BCUT2D eigenvalue weighted by Crippen LogP contribution is -2.44. The first-order valence-corrected chi connectivity index (χ1v) is 8.19. The molecule has 1 aliphatic heterocycles. The minimum Gasteiger partial charge on any atom is -0.370 e. The molecule has 2 fully saturated rings. The highest BCUT2D eigenvalue weighted by Gasteiger charge is 2.30. The number of rotatable bonds is 2. The predicted molar refractivity (Wildman–Crippen MR) is 82.7 cm³/mol. The van der Waals surface area contributed by atoms with Gasteiger partial charge in [-0.1, -0.05) is 30.3 Å². The molecule has 1 saturated carbocycles. The van der Waals surface area contributed by atoms with Gasteiger partial charge in [-0.2, -0.15) is 11.8 Å². The van der Waals surface area contributed by atoms with Crippen molar-refractivity contribution < 1.29 is 0 Å². The fraction of sp³-hybridized carbons (Fsp3) is 0.533. The molecular formula is C15H21N3S. The van der Waals surface area contributed by atoms with Gasteiger partial charge in [-0.3, -0.25) is 0 Å². The second-order valence-corrected chi connectivity index (χ2v) is 6.54. The quantitative estimate of drug-likeness (QED) is 0.665. The summed E-state index contributed by atoms with van der Waals surface area (Å²) >= 11 is 2.00. The highest BCUT2D eigenvalue weighted by atomic mass is 32.2. The second-order valence-electron chi connectivity index (χ2n) is 5.32. The molecule has 1 aromatic carbocycles.